The molecule has 0 aromatic rings. The molecule has 6 bridgehead atoms. The molecule has 5 heterocycles. The molecule has 5 rings (SSSR count). The third kappa shape index (κ3) is 2.94. The first-order valence-corrected chi connectivity index (χ1v) is 10.4. The maximum Gasteiger partial charge on any atom is 0.220 e. The van der Waals surface area contributed by atoms with Crippen molar-refractivity contribution in [2.24, 2.45) is 11.8 Å². The number of nitrogens with zero attached hydrogens (tertiary/aromatic N) is 2. The van der Waals surface area contributed by atoms with Crippen LogP contribution in [0.3, 0.4) is 0 Å². The third-order valence-corrected chi connectivity index (χ3v) is 7.17. The van der Waals surface area contributed by atoms with Crippen molar-refractivity contribution in [1.29, 1.82) is 0 Å². The van der Waals surface area contributed by atoms with Crippen molar-refractivity contribution in [3.8, 4) is 0 Å². The average molecular weight is 360 g/mol. The van der Waals surface area contributed by atoms with Gasteiger partial charge in [0.25, 0.3) is 0 Å². The number of carbonyl (C=O) groups is 1. The lowest BCUT2D eigenvalue weighted by atomic mass is 9.62. The summed E-state index contributed by atoms with van der Waals surface area (Å²) in [6.07, 6.45) is 12.5. The second-order valence-electron chi connectivity index (χ2n) is 8.57. The molecule has 26 heavy (non-hydrogen) atoms. The number of rotatable bonds is 7. The summed E-state index contributed by atoms with van der Waals surface area (Å²) in [5, 5.41) is 12.1. The average Bonchev–Trinajstić information content (AvgIpc) is 2.63. The van der Waals surface area contributed by atoms with Crippen molar-refractivity contribution in [2.75, 3.05) is 13.2 Å². The Bertz CT molecular complexity index is 590. The fourth-order valence-electron chi connectivity index (χ4n) is 6.35. The zero-order valence-corrected chi connectivity index (χ0v) is 15.9. The fraction of sp³-hybridized carbons (Fsp3) is 0.762. The first-order valence-electron chi connectivity index (χ1n) is 10.4. The first-order chi connectivity index (χ1) is 12.7. The van der Waals surface area contributed by atoms with Crippen molar-refractivity contribution in [3.63, 3.8) is 0 Å². The number of carbonyl (C=O) groups excluding carboxylic acids is 1. The van der Waals surface area contributed by atoms with Crippen LogP contribution in [0.25, 0.3) is 0 Å². The topological polar surface area (TPSA) is 55.8 Å². The largest absolute Gasteiger partial charge is 0.396 e. The highest BCUT2D eigenvalue weighted by Gasteiger charge is 2.60. The minimum atomic E-state index is 0.0179. The van der Waals surface area contributed by atoms with Gasteiger partial charge in [0, 0.05) is 44.4 Å². The number of hydrogen-bond acceptors (Lipinski definition) is 4. The summed E-state index contributed by atoms with van der Waals surface area (Å²) in [4.78, 5) is 17.0. The third-order valence-electron chi connectivity index (χ3n) is 7.17. The Labute approximate surface area is 157 Å². The standard InChI is InChI=1S/C21H33N3O2/c1-3-6-19-17-11-16-13-23(19)20-9-8-15(12-22-14(2)26)21(17)24(20)18(16)7-4-5-10-25/h3,12,16-21,25H,1,4-11,13H2,2H3,(H,22,26)/b15-12+/t16?,17?,18-,19+,20?,21?/m1/s1. The second kappa shape index (κ2) is 7.45. The lowest BCUT2D eigenvalue weighted by Gasteiger charge is -2.70. The van der Waals surface area contributed by atoms with Crippen LogP contribution in [0.5, 0.6) is 0 Å². The zero-order valence-electron chi connectivity index (χ0n) is 15.9. The number of aliphatic hydroxyl groups excluding tert-OH is 1. The van der Waals surface area contributed by atoms with E-state index in [4.69, 9.17) is 0 Å². The summed E-state index contributed by atoms with van der Waals surface area (Å²) in [6, 6.07) is 1.71. The van der Waals surface area contributed by atoms with E-state index in [1.54, 1.807) is 6.92 Å². The van der Waals surface area contributed by atoms with Gasteiger partial charge in [0.15, 0.2) is 0 Å². The molecule has 0 aromatic heterocycles. The van der Waals surface area contributed by atoms with Crippen LogP contribution < -0.4 is 5.32 Å². The minimum absolute atomic E-state index is 0.0179. The van der Waals surface area contributed by atoms with Gasteiger partial charge in [-0.2, -0.15) is 0 Å². The number of amides is 1. The SMILES string of the molecule is C=CC[C@H]1C2CC3CN1C1CC/C(=C\NC(C)=O)C2N1[C@@H]3CCCCO. The van der Waals surface area contributed by atoms with Crippen LogP contribution in [0.4, 0.5) is 0 Å². The van der Waals surface area contributed by atoms with Crippen molar-refractivity contribution in [3.05, 3.63) is 24.4 Å². The van der Waals surface area contributed by atoms with E-state index in [2.05, 4.69) is 27.8 Å². The van der Waals surface area contributed by atoms with Gasteiger partial charge >= 0.3 is 0 Å². The van der Waals surface area contributed by atoms with E-state index >= 15 is 0 Å². The van der Waals surface area contributed by atoms with E-state index in [1.807, 2.05) is 6.20 Å². The van der Waals surface area contributed by atoms with Crippen molar-refractivity contribution in [1.82, 2.24) is 15.1 Å². The quantitative estimate of drug-likeness (QED) is 0.541. The molecule has 5 fully saturated rings. The van der Waals surface area contributed by atoms with Gasteiger partial charge in [0.05, 0.1) is 6.17 Å². The van der Waals surface area contributed by atoms with Crippen LogP contribution in [-0.4, -0.2) is 58.3 Å². The number of aliphatic hydroxyl groups is 1. The van der Waals surface area contributed by atoms with Crippen molar-refractivity contribution in [2.45, 2.75) is 76.2 Å². The molecule has 144 valence electrons. The van der Waals surface area contributed by atoms with E-state index in [9.17, 15) is 9.90 Å². The summed E-state index contributed by atoms with van der Waals surface area (Å²) >= 11 is 0. The highest BCUT2D eigenvalue weighted by atomic mass is 16.2. The summed E-state index contributed by atoms with van der Waals surface area (Å²) in [6.45, 7) is 7.13. The summed E-state index contributed by atoms with van der Waals surface area (Å²) in [5.41, 5.74) is 1.42. The maximum atomic E-state index is 11.5. The molecule has 1 amide bonds. The summed E-state index contributed by atoms with van der Waals surface area (Å²) < 4.78 is 0. The van der Waals surface area contributed by atoms with Gasteiger partial charge in [-0.05, 0) is 62.4 Å². The molecule has 5 nitrogen and oxygen atoms in total. The van der Waals surface area contributed by atoms with E-state index in [1.165, 1.54) is 25.0 Å². The molecule has 0 radical (unpaired) electrons. The molecular formula is C21H33N3O2. The number of hydrogen-bond donors (Lipinski definition) is 2. The summed E-state index contributed by atoms with van der Waals surface area (Å²) in [5.74, 6) is 1.43. The maximum absolute atomic E-state index is 11.5. The molecule has 0 saturated carbocycles. The minimum Gasteiger partial charge on any atom is -0.396 e. The number of nitrogens with one attached hydrogen (secondary N) is 1. The van der Waals surface area contributed by atoms with Crippen LogP contribution in [-0.2, 0) is 4.79 Å². The fourth-order valence-corrected chi connectivity index (χ4v) is 6.35. The highest BCUT2D eigenvalue weighted by molar-refractivity contribution is 5.74. The molecule has 5 aliphatic rings. The van der Waals surface area contributed by atoms with Crippen LogP contribution in [0, 0.1) is 11.8 Å². The first kappa shape index (κ1) is 18.2. The Morgan fingerprint density at radius 1 is 1.38 bits per heavy atom. The van der Waals surface area contributed by atoms with Crippen LogP contribution >= 0.6 is 0 Å². The number of piperidine rings is 3. The Kier molecular flexibility index (Phi) is 5.22. The van der Waals surface area contributed by atoms with Gasteiger partial charge in [-0.15, -0.1) is 6.58 Å². The molecular weight excluding hydrogens is 326 g/mol. The lowest BCUT2D eigenvalue weighted by Crippen LogP contribution is -2.79. The molecule has 5 saturated heterocycles. The lowest BCUT2D eigenvalue weighted by molar-refractivity contribution is -0.220. The molecule has 5 aliphatic heterocycles. The predicted octanol–water partition coefficient (Wildman–Crippen LogP) is 2.24. The van der Waals surface area contributed by atoms with Crippen molar-refractivity contribution < 1.29 is 9.90 Å². The van der Waals surface area contributed by atoms with Gasteiger partial charge in [0.2, 0.25) is 5.91 Å². The monoisotopic (exact) mass is 359 g/mol. The zero-order chi connectivity index (χ0) is 18.3. The van der Waals surface area contributed by atoms with Gasteiger partial charge in [0.1, 0.15) is 0 Å². The molecule has 0 aromatic carbocycles. The van der Waals surface area contributed by atoms with Crippen molar-refractivity contribution >= 4 is 5.91 Å². The molecule has 8 atom stereocenters. The van der Waals surface area contributed by atoms with Gasteiger partial charge in [-0.25, -0.2) is 0 Å². The van der Waals surface area contributed by atoms with E-state index in [0.717, 1.165) is 38.0 Å². The molecule has 5 heteroatoms. The van der Waals surface area contributed by atoms with Gasteiger partial charge < -0.3 is 10.4 Å². The van der Waals surface area contributed by atoms with Gasteiger partial charge in [-0.1, -0.05) is 6.08 Å². The van der Waals surface area contributed by atoms with Gasteiger partial charge in [-0.3, -0.25) is 14.6 Å². The molecule has 0 spiro atoms. The Balaban J connectivity index is 1.63. The Hall–Kier alpha value is -1.17. The van der Waals surface area contributed by atoms with Crippen LogP contribution in [0.1, 0.15) is 51.9 Å². The molecule has 6 unspecified atom stereocenters. The molecule has 0 aliphatic carbocycles. The second-order valence-corrected chi connectivity index (χ2v) is 8.57. The normalized spacial score (nSPS) is 44.3. The molecule has 2 N–H and O–H groups in total. The van der Waals surface area contributed by atoms with E-state index in [-0.39, 0.29) is 5.91 Å². The highest BCUT2D eigenvalue weighted by Crippen LogP contribution is 2.54. The van der Waals surface area contributed by atoms with Crippen LogP contribution in [0.15, 0.2) is 24.4 Å². The Morgan fingerprint density at radius 3 is 2.96 bits per heavy atom. The van der Waals surface area contributed by atoms with Crippen LogP contribution in [0.2, 0.25) is 0 Å². The predicted molar refractivity (Wildman–Crippen MR) is 102 cm³/mol. The Morgan fingerprint density at radius 2 is 2.23 bits per heavy atom. The number of unbranched alkanes of at least 4 members (excludes halogenated alkanes) is 1. The summed E-state index contributed by atoms with van der Waals surface area (Å²) in [7, 11) is 0. The van der Waals surface area contributed by atoms with E-state index in [0.29, 0.717) is 36.8 Å². The smallest absolute Gasteiger partial charge is 0.220 e. The van der Waals surface area contributed by atoms with E-state index < -0.39 is 0 Å².